The van der Waals surface area contributed by atoms with E-state index in [2.05, 4.69) is 13.2 Å². The van der Waals surface area contributed by atoms with Crippen molar-refractivity contribution < 1.29 is 19.5 Å². The molecule has 3 aliphatic rings. The Bertz CT molecular complexity index is 803. The van der Waals surface area contributed by atoms with Crippen molar-refractivity contribution >= 4 is 29.5 Å². The molecule has 3 rings (SSSR count). The van der Waals surface area contributed by atoms with Gasteiger partial charge in [-0.25, -0.2) is 0 Å². The number of nitrogens with zero attached hydrogens (tertiary/aromatic N) is 3. The summed E-state index contributed by atoms with van der Waals surface area (Å²) < 4.78 is -0.636. The van der Waals surface area contributed by atoms with Crippen molar-refractivity contribution in [1.82, 2.24) is 14.7 Å². The second-order valence-corrected chi connectivity index (χ2v) is 11.4. The van der Waals surface area contributed by atoms with E-state index < -0.39 is 28.7 Å². The van der Waals surface area contributed by atoms with E-state index in [4.69, 9.17) is 0 Å². The Hall–Kier alpha value is -1.80. The van der Waals surface area contributed by atoms with Gasteiger partial charge in [0.25, 0.3) is 0 Å². The van der Waals surface area contributed by atoms with E-state index in [0.717, 1.165) is 19.3 Å². The summed E-state index contributed by atoms with van der Waals surface area (Å²) in [5.41, 5.74) is 0. The Labute approximate surface area is 202 Å². The molecule has 1 spiro atoms. The summed E-state index contributed by atoms with van der Waals surface area (Å²) in [5.74, 6) is -1.27. The lowest BCUT2D eigenvalue weighted by Gasteiger charge is -2.40. The molecular formula is C25H39N3O4S. The summed E-state index contributed by atoms with van der Waals surface area (Å²) in [5, 5.41) is 10.0. The molecule has 0 aromatic rings. The molecule has 3 saturated heterocycles. The highest BCUT2D eigenvalue weighted by Crippen LogP contribution is 2.67. The minimum absolute atomic E-state index is 0.00863. The summed E-state index contributed by atoms with van der Waals surface area (Å²) in [4.78, 5) is 46.7. The molecule has 3 heterocycles. The first-order valence-electron chi connectivity index (χ1n) is 12.1. The molecule has 2 unspecified atom stereocenters. The van der Waals surface area contributed by atoms with Gasteiger partial charge in [-0.15, -0.1) is 24.9 Å². The lowest BCUT2D eigenvalue weighted by molar-refractivity contribution is -0.147. The summed E-state index contributed by atoms with van der Waals surface area (Å²) in [6.45, 7) is 16.5. The van der Waals surface area contributed by atoms with Crippen LogP contribution in [-0.4, -0.2) is 91.9 Å². The van der Waals surface area contributed by atoms with Crippen LogP contribution in [0.2, 0.25) is 0 Å². The smallest absolute Gasteiger partial charge is 0.247 e. The van der Waals surface area contributed by atoms with Crippen molar-refractivity contribution in [1.29, 1.82) is 0 Å². The van der Waals surface area contributed by atoms with E-state index in [1.54, 1.807) is 45.5 Å². The molecular weight excluding hydrogens is 438 g/mol. The third-order valence-corrected chi connectivity index (χ3v) is 9.33. The third kappa shape index (κ3) is 4.14. The number of aliphatic hydroxyl groups excluding tert-OH is 1. The van der Waals surface area contributed by atoms with Crippen LogP contribution >= 0.6 is 11.8 Å². The van der Waals surface area contributed by atoms with Crippen molar-refractivity contribution in [3.05, 3.63) is 25.3 Å². The van der Waals surface area contributed by atoms with Crippen molar-refractivity contribution in [2.24, 2.45) is 11.8 Å². The van der Waals surface area contributed by atoms with Gasteiger partial charge in [-0.3, -0.25) is 14.4 Å². The molecule has 2 bridgehead atoms. The average molecular weight is 478 g/mol. The van der Waals surface area contributed by atoms with Gasteiger partial charge in [0.2, 0.25) is 17.7 Å². The summed E-state index contributed by atoms with van der Waals surface area (Å²) >= 11 is 1.67. The first kappa shape index (κ1) is 25.8. The van der Waals surface area contributed by atoms with Gasteiger partial charge in [0.05, 0.1) is 29.2 Å². The molecule has 7 nitrogen and oxygen atoms in total. The monoisotopic (exact) mass is 477 g/mol. The van der Waals surface area contributed by atoms with Crippen LogP contribution in [0.25, 0.3) is 0 Å². The largest absolute Gasteiger partial charge is 0.394 e. The van der Waals surface area contributed by atoms with Crippen LogP contribution in [0, 0.1) is 11.8 Å². The molecule has 1 N–H and O–H groups in total. The van der Waals surface area contributed by atoms with E-state index in [1.807, 2.05) is 20.8 Å². The van der Waals surface area contributed by atoms with Crippen LogP contribution in [0.5, 0.6) is 0 Å². The minimum Gasteiger partial charge on any atom is -0.394 e. The van der Waals surface area contributed by atoms with Crippen molar-refractivity contribution in [2.75, 3.05) is 26.2 Å². The standard InChI is InChI=1S/C25H39N3O4S/c1-7-12-26(13-8-2)22(30)19-18-10-11-25(33-18)20(19)23(31)28(17(6)15-29)21(25)24(32)27(14-9-3)16(4)5/h7,9,16-21,29H,1,3,8,10-15H2,2,4-6H3/t17-,18-,19+,20+,21?,25?/m1/s1. The predicted molar refractivity (Wildman–Crippen MR) is 132 cm³/mol. The quantitative estimate of drug-likeness (QED) is 0.462. The van der Waals surface area contributed by atoms with E-state index in [0.29, 0.717) is 19.6 Å². The Kier molecular flexibility index (Phi) is 7.99. The zero-order chi connectivity index (χ0) is 24.5. The number of thioether (sulfide) groups is 1. The van der Waals surface area contributed by atoms with Crippen LogP contribution in [0.1, 0.15) is 47.0 Å². The van der Waals surface area contributed by atoms with Gasteiger partial charge in [-0.05, 0) is 40.0 Å². The molecule has 33 heavy (non-hydrogen) atoms. The summed E-state index contributed by atoms with van der Waals surface area (Å²) in [6.07, 6.45) is 5.79. The van der Waals surface area contributed by atoms with Gasteiger partial charge in [-0.1, -0.05) is 19.1 Å². The maximum Gasteiger partial charge on any atom is 0.247 e. The lowest BCUT2D eigenvalue weighted by atomic mass is 9.70. The van der Waals surface area contributed by atoms with Gasteiger partial charge in [-0.2, -0.15) is 0 Å². The van der Waals surface area contributed by atoms with Crippen molar-refractivity contribution in [3.63, 3.8) is 0 Å². The molecule has 0 aliphatic carbocycles. The zero-order valence-corrected chi connectivity index (χ0v) is 21.2. The molecule has 0 radical (unpaired) electrons. The number of hydrogen-bond acceptors (Lipinski definition) is 5. The molecule has 0 aromatic heterocycles. The van der Waals surface area contributed by atoms with Gasteiger partial charge in [0.15, 0.2) is 0 Å². The Balaban J connectivity index is 2.06. The first-order valence-corrected chi connectivity index (χ1v) is 13.0. The molecule has 3 amide bonds. The SMILES string of the molecule is C=CCN(CCC)C(=O)[C@@H]1[C@H]2C(=O)N([C@H](C)CO)C(C(=O)N(CC=C)C(C)C)C23CC[C@H]1S3. The number of carbonyl (C=O) groups excluding carboxylic acids is 3. The summed E-state index contributed by atoms with van der Waals surface area (Å²) in [7, 11) is 0. The number of carbonyl (C=O) groups is 3. The average Bonchev–Trinajstić information content (AvgIpc) is 3.43. The van der Waals surface area contributed by atoms with Crippen LogP contribution in [0.4, 0.5) is 0 Å². The van der Waals surface area contributed by atoms with Crippen molar-refractivity contribution in [3.8, 4) is 0 Å². The normalized spacial score (nSPS) is 31.0. The highest BCUT2D eigenvalue weighted by atomic mass is 32.2. The van der Waals surface area contributed by atoms with Crippen LogP contribution in [-0.2, 0) is 14.4 Å². The van der Waals surface area contributed by atoms with Gasteiger partial charge in [0.1, 0.15) is 6.04 Å². The van der Waals surface area contributed by atoms with Gasteiger partial charge < -0.3 is 19.8 Å². The van der Waals surface area contributed by atoms with E-state index in [-0.39, 0.29) is 35.6 Å². The zero-order valence-electron chi connectivity index (χ0n) is 20.4. The van der Waals surface area contributed by atoms with Crippen LogP contribution in [0.3, 0.4) is 0 Å². The van der Waals surface area contributed by atoms with Gasteiger partial charge >= 0.3 is 0 Å². The van der Waals surface area contributed by atoms with Gasteiger partial charge in [0, 0.05) is 30.9 Å². The van der Waals surface area contributed by atoms with Crippen LogP contribution < -0.4 is 0 Å². The van der Waals surface area contributed by atoms with Crippen LogP contribution in [0.15, 0.2) is 25.3 Å². The highest BCUT2D eigenvalue weighted by Gasteiger charge is 2.74. The number of amides is 3. The maximum atomic E-state index is 14.0. The fraction of sp³-hybridized carbons (Fsp3) is 0.720. The maximum absolute atomic E-state index is 14.0. The molecule has 184 valence electrons. The Morgan fingerprint density at radius 3 is 2.45 bits per heavy atom. The summed E-state index contributed by atoms with van der Waals surface area (Å²) in [6, 6.07) is -1.24. The second kappa shape index (κ2) is 10.2. The molecule has 0 aromatic carbocycles. The lowest BCUT2D eigenvalue weighted by Crippen LogP contribution is -2.58. The third-order valence-electron chi connectivity index (χ3n) is 7.38. The molecule has 3 fully saturated rings. The number of fused-ring (bicyclic) bond motifs is 1. The number of hydrogen-bond donors (Lipinski definition) is 1. The topological polar surface area (TPSA) is 81.2 Å². The fourth-order valence-electron chi connectivity index (χ4n) is 5.99. The Morgan fingerprint density at radius 1 is 1.24 bits per heavy atom. The number of likely N-dealkylation sites (tertiary alicyclic amines) is 1. The van der Waals surface area contributed by atoms with E-state index in [9.17, 15) is 19.5 Å². The van der Waals surface area contributed by atoms with E-state index in [1.165, 1.54) is 0 Å². The van der Waals surface area contributed by atoms with Crippen molar-refractivity contribution in [2.45, 2.75) is 75.1 Å². The number of rotatable bonds is 11. The molecule has 0 saturated carbocycles. The first-order chi connectivity index (χ1) is 15.7. The Morgan fingerprint density at radius 2 is 1.91 bits per heavy atom. The fourth-order valence-corrected chi connectivity index (χ4v) is 8.19. The highest BCUT2D eigenvalue weighted by molar-refractivity contribution is 8.02. The molecule has 6 atom stereocenters. The van der Waals surface area contributed by atoms with E-state index >= 15 is 0 Å². The second-order valence-electron chi connectivity index (χ2n) is 9.78. The predicted octanol–water partition coefficient (Wildman–Crippen LogP) is 2.31. The number of aliphatic hydroxyl groups is 1. The molecule has 3 aliphatic heterocycles. The minimum atomic E-state index is -0.689. The molecule has 8 heteroatoms.